The van der Waals surface area contributed by atoms with Gasteiger partial charge in [0.15, 0.2) is 0 Å². The minimum atomic E-state index is -0.0865. The Hall–Kier alpha value is -1.36. The van der Waals surface area contributed by atoms with Crippen molar-refractivity contribution in [3.8, 4) is 0 Å². The molecule has 5 nitrogen and oxygen atoms in total. The summed E-state index contributed by atoms with van der Waals surface area (Å²) in [6, 6.07) is 0. The van der Waals surface area contributed by atoms with Crippen LogP contribution >= 0.6 is 0 Å². The van der Waals surface area contributed by atoms with E-state index in [2.05, 4.69) is 10.3 Å². The first-order valence-corrected chi connectivity index (χ1v) is 6.29. The summed E-state index contributed by atoms with van der Waals surface area (Å²) >= 11 is 0. The molecule has 0 bridgehead atoms. The molecule has 3 N–H and O–H groups in total. The van der Waals surface area contributed by atoms with E-state index in [4.69, 9.17) is 5.73 Å². The van der Waals surface area contributed by atoms with Gasteiger partial charge in [0.25, 0.3) is 5.91 Å². The zero-order valence-corrected chi connectivity index (χ0v) is 10.1. The zero-order chi connectivity index (χ0) is 12.1. The molecule has 1 aliphatic rings. The molecule has 2 rings (SSSR count). The Labute approximate surface area is 101 Å². The largest absolute Gasteiger partial charge is 0.351 e. The van der Waals surface area contributed by atoms with Crippen molar-refractivity contribution < 1.29 is 4.79 Å². The molecule has 1 aromatic heterocycles. The third-order valence-electron chi connectivity index (χ3n) is 3.02. The van der Waals surface area contributed by atoms with Crippen LogP contribution < -0.4 is 11.1 Å². The van der Waals surface area contributed by atoms with E-state index in [1.807, 2.05) is 4.57 Å². The van der Waals surface area contributed by atoms with Crippen LogP contribution in [0.5, 0.6) is 0 Å². The van der Waals surface area contributed by atoms with Crippen molar-refractivity contribution in [2.75, 3.05) is 13.1 Å². The molecule has 1 heterocycles. The molecule has 1 amide bonds. The van der Waals surface area contributed by atoms with Crippen molar-refractivity contribution in [1.82, 2.24) is 14.9 Å². The van der Waals surface area contributed by atoms with Crippen LogP contribution in [0, 0.1) is 5.92 Å². The summed E-state index contributed by atoms with van der Waals surface area (Å²) in [6.07, 6.45) is 8.44. The number of nitrogens with zero attached hydrogens (tertiary/aromatic N) is 2. The van der Waals surface area contributed by atoms with Crippen LogP contribution in [0.15, 0.2) is 12.5 Å². The van der Waals surface area contributed by atoms with E-state index in [9.17, 15) is 4.79 Å². The lowest BCUT2D eigenvalue weighted by Gasteiger charge is -2.02. The van der Waals surface area contributed by atoms with E-state index >= 15 is 0 Å². The number of hydrogen-bond acceptors (Lipinski definition) is 3. The minimum absolute atomic E-state index is 0.0865. The molecule has 0 saturated heterocycles. The Morgan fingerprint density at radius 3 is 3.12 bits per heavy atom. The topological polar surface area (TPSA) is 72.9 Å². The Bertz CT molecular complexity index is 370. The van der Waals surface area contributed by atoms with Crippen LogP contribution in [0.25, 0.3) is 0 Å². The van der Waals surface area contributed by atoms with Gasteiger partial charge in [0.05, 0.1) is 6.33 Å². The number of nitrogens with two attached hydrogens (primary N) is 1. The van der Waals surface area contributed by atoms with E-state index in [0.717, 1.165) is 18.9 Å². The Kier molecular flexibility index (Phi) is 4.14. The van der Waals surface area contributed by atoms with Gasteiger partial charge in [0, 0.05) is 25.8 Å². The highest BCUT2D eigenvalue weighted by Gasteiger charge is 2.20. The molecular weight excluding hydrogens is 216 g/mol. The average molecular weight is 236 g/mol. The number of aromatic nitrogens is 2. The van der Waals surface area contributed by atoms with Crippen LogP contribution in [0.4, 0.5) is 0 Å². The molecule has 1 aromatic rings. The lowest BCUT2D eigenvalue weighted by atomic mass is 10.2. The molecule has 0 unspecified atom stereocenters. The number of hydrogen-bond donors (Lipinski definition) is 2. The fourth-order valence-corrected chi connectivity index (χ4v) is 1.84. The van der Waals surface area contributed by atoms with Crippen LogP contribution in [0.2, 0.25) is 0 Å². The summed E-state index contributed by atoms with van der Waals surface area (Å²) in [5, 5.41) is 2.89. The standard InChI is InChI=1S/C12H20N4O/c13-5-7-16-8-11(15-9-16)12(17)14-6-1-2-10-3-4-10/h8-10H,1-7,13H2,(H,14,17). The molecule has 0 spiro atoms. The van der Waals surface area contributed by atoms with Crippen molar-refractivity contribution in [2.24, 2.45) is 11.7 Å². The van der Waals surface area contributed by atoms with Crippen LogP contribution in [0.3, 0.4) is 0 Å². The molecular formula is C12H20N4O. The number of amides is 1. The lowest BCUT2D eigenvalue weighted by Crippen LogP contribution is -2.24. The summed E-state index contributed by atoms with van der Waals surface area (Å²) in [5.74, 6) is 0.840. The Morgan fingerprint density at radius 1 is 1.59 bits per heavy atom. The summed E-state index contributed by atoms with van der Waals surface area (Å²) in [5.41, 5.74) is 5.91. The highest BCUT2D eigenvalue weighted by molar-refractivity contribution is 5.91. The molecule has 5 heteroatoms. The molecule has 0 atom stereocenters. The van der Waals surface area contributed by atoms with Crippen LogP contribution in [0.1, 0.15) is 36.2 Å². The highest BCUT2D eigenvalue weighted by Crippen LogP contribution is 2.33. The van der Waals surface area contributed by atoms with Gasteiger partial charge in [-0.05, 0) is 18.8 Å². The fourth-order valence-electron chi connectivity index (χ4n) is 1.84. The second kappa shape index (κ2) is 5.82. The predicted molar refractivity (Wildman–Crippen MR) is 65.6 cm³/mol. The predicted octanol–water partition coefficient (Wildman–Crippen LogP) is 0.762. The number of carbonyl (C=O) groups is 1. The van der Waals surface area contributed by atoms with E-state index < -0.39 is 0 Å². The number of rotatable bonds is 7. The van der Waals surface area contributed by atoms with Gasteiger partial charge in [0.2, 0.25) is 0 Å². The van der Waals surface area contributed by atoms with Gasteiger partial charge in [0.1, 0.15) is 5.69 Å². The summed E-state index contributed by atoms with van der Waals surface area (Å²) in [4.78, 5) is 15.8. The van der Waals surface area contributed by atoms with Crippen molar-refractivity contribution in [2.45, 2.75) is 32.2 Å². The maximum atomic E-state index is 11.7. The van der Waals surface area contributed by atoms with Gasteiger partial charge in [-0.15, -0.1) is 0 Å². The monoisotopic (exact) mass is 236 g/mol. The molecule has 1 fully saturated rings. The maximum Gasteiger partial charge on any atom is 0.271 e. The molecule has 17 heavy (non-hydrogen) atoms. The zero-order valence-electron chi connectivity index (χ0n) is 10.1. The SMILES string of the molecule is NCCn1cnc(C(=O)NCCCC2CC2)c1. The first-order chi connectivity index (χ1) is 8.29. The molecule has 0 radical (unpaired) electrons. The van der Waals surface area contributed by atoms with Gasteiger partial charge in [-0.3, -0.25) is 4.79 Å². The quantitative estimate of drug-likeness (QED) is 0.686. The third-order valence-corrected chi connectivity index (χ3v) is 3.02. The summed E-state index contributed by atoms with van der Waals surface area (Å²) < 4.78 is 1.83. The van der Waals surface area contributed by atoms with Crippen molar-refractivity contribution in [1.29, 1.82) is 0 Å². The Balaban J connectivity index is 1.69. The maximum absolute atomic E-state index is 11.7. The minimum Gasteiger partial charge on any atom is -0.351 e. The van der Waals surface area contributed by atoms with Crippen molar-refractivity contribution >= 4 is 5.91 Å². The third kappa shape index (κ3) is 3.85. The molecule has 1 aliphatic carbocycles. The van der Waals surface area contributed by atoms with Gasteiger partial charge >= 0.3 is 0 Å². The number of imidazole rings is 1. The molecule has 1 saturated carbocycles. The van der Waals surface area contributed by atoms with Crippen molar-refractivity contribution in [3.63, 3.8) is 0 Å². The highest BCUT2D eigenvalue weighted by atomic mass is 16.1. The fraction of sp³-hybridized carbons (Fsp3) is 0.667. The van der Waals surface area contributed by atoms with Crippen LogP contribution in [-0.4, -0.2) is 28.5 Å². The first kappa shape index (κ1) is 12.1. The number of carbonyl (C=O) groups excluding carboxylic acids is 1. The second-order valence-electron chi connectivity index (χ2n) is 4.63. The van der Waals surface area contributed by atoms with Gasteiger partial charge in [-0.25, -0.2) is 4.98 Å². The van der Waals surface area contributed by atoms with E-state index in [1.165, 1.54) is 19.3 Å². The molecule has 0 aromatic carbocycles. The number of nitrogens with one attached hydrogen (secondary N) is 1. The van der Waals surface area contributed by atoms with E-state index in [-0.39, 0.29) is 5.91 Å². The average Bonchev–Trinajstić information content (AvgIpc) is 3.03. The molecule has 94 valence electrons. The second-order valence-corrected chi connectivity index (χ2v) is 4.63. The van der Waals surface area contributed by atoms with Gasteiger partial charge in [-0.2, -0.15) is 0 Å². The lowest BCUT2D eigenvalue weighted by molar-refractivity contribution is 0.0948. The Morgan fingerprint density at radius 2 is 2.41 bits per heavy atom. The normalized spacial score (nSPS) is 14.9. The van der Waals surface area contributed by atoms with Gasteiger partial charge in [-0.1, -0.05) is 12.8 Å². The van der Waals surface area contributed by atoms with Gasteiger partial charge < -0.3 is 15.6 Å². The first-order valence-electron chi connectivity index (χ1n) is 6.29. The van der Waals surface area contributed by atoms with Crippen molar-refractivity contribution in [3.05, 3.63) is 18.2 Å². The summed E-state index contributed by atoms with van der Waals surface area (Å²) in [7, 11) is 0. The summed E-state index contributed by atoms with van der Waals surface area (Å²) in [6.45, 7) is 2.00. The smallest absolute Gasteiger partial charge is 0.271 e. The van der Waals surface area contributed by atoms with Crippen LogP contribution in [-0.2, 0) is 6.54 Å². The van der Waals surface area contributed by atoms with E-state index in [1.54, 1.807) is 12.5 Å². The van der Waals surface area contributed by atoms with E-state index in [0.29, 0.717) is 18.8 Å². The molecule has 0 aliphatic heterocycles.